The molecule has 0 atom stereocenters. The number of ether oxygens (including phenoxy) is 2. The van der Waals surface area contributed by atoms with E-state index in [0.29, 0.717) is 11.6 Å². The normalized spacial score (nSPS) is 12.0. The van der Waals surface area contributed by atoms with Gasteiger partial charge >= 0.3 is 17.9 Å². The highest BCUT2D eigenvalue weighted by atomic mass is 127. The second-order valence-corrected chi connectivity index (χ2v) is 6.09. The third kappa shape index (κ3) is 5.70. The van der Waals surface area contributed by atoms with Crippen molar-refractivity contribution in [2.24, 2.45) is 0 Å². The SMILES string of the molecule is COC(=O)C(F)(F)C=C(I)COC(=O)c1ccc(Br)cc1. The Balaban J connectivity index is 2.64. The van der Waals surface area contributed by atoms with Crippen LogP contribution in [0.3, 0.4) is 0 Å². The largest absolute Gasteiger partial charge is 0.464 e. The molecule has 1 aromatic carbocycles. The first-order valence-corrected chi connectivity index (χ1v) is 7.39. The zero-order valence-corrected chi connectivity index (χ0v) is 14.5. The van der Waals surface area contributed by atoms with Gasteiger partial charge in [0.1, 0.15) is 6.61 Å². The Bertz CT molecular complexity index is 558. The number of rotatable bonds is 5. The maximum atomic E-state index is 13.3. The fourth-order valence-corrected chi connectivity index (χ4v) is 2.05. The van der Waals surface area contributed by atoms with Crippen LogP contribution in [0.1, 0.15) is 10.4 Å². The maximum Gasteiger partial charge on any atom is 0.381 e. The smallest absolute Gasteiger partial charge is 0.381 e. The molecule has 4 nitrogen and oxygen atoms in total. The third-order valence-electron chi connectivity index (χ3n) is 2.22. The minimum Gasteiger partial charge on any atom is -0.464 e. The van der Waals surface area contributed by atoms with Crippen LogP contribution in [0.15, 0.2) is 38.4 Å². The monoisotopic (exact) mass is 474 g/mol. The zero-order chi connectivity index (χ0) is 16.0. The number of alkyl halides is 2. The summed E-state index contributed by atoms with van der Waals surface area (Å²) >= 11 is 4.78. The van der Waals surface area contributed by atoms with E-state index in [2.05, 4.69) is 20.7 Å². The van der Waals surface area contributed by atoms with Crippen molar-refractivity contribution in [1.82, 2.24) is 0 Å². The van der Waals surface area contributed by atoms with E-state index < -0.39 is 17.9 Å². The summed E-state index contributed by atoms with van der Waals surface area (Å²) in [7, 11) is 0.866. The van der Waals surface area contributed by atoms with Crippen LogP contribution in [0.2, 0.25) is 0 Å². The Labute approximate surface area is 141 Å². The number of hydrogen-bond acceptors (Lipinski definition) is 4. The number of hydrogen-bond donors (Lipinski definition) is 0. The molecule has 8 heteroatoms. The number of halogens is 4. The predicted octanol–water partition coefficient (Wildman–Crippen LogP) is 3.73. The van der Waals surface area contributed by atoms with Crippen molar-refractivity contribution >= 4 is 50.5 Å². The zero-order valence-electron chi connectivity index (χ0n) is 10.7. The van der Waals surface area contributed by atoms with Gasteiger partial charge in [-0.2, -0.15) is 8.78 Å². The average Bonchev–Trinajstić information content (AvgIpc) is 2.44. The second-order valence-electron chi connectivity index (χ2n) is 3.79. The van der Waals surface area contributed by atoms with E-state index in [9.17, 15) is 18.4 Å². The summed E-state index contributed by atoms with van der Waals surface area (Å²) in [6.45, 7) is -0.359. The molecule has 114 valence electrons. The molecule has 21 heavy (non-hydrogen) atoms. The molecular formula is C13H10BrF2IO4. The van der Waals surface area contributed by atoms with Gasteiger partial charge in [-0.25, -0.2) is 9.59 Å². The van der Waals surface area contributed by atoms with Gasteiger partial charge in [-0.1, -0.05) is 15.9 Å². The van der Waals surface area contributed by atoms with E-state index in [1.165, 1.54) is 12.1 Å². The summed E-state index contributed by atoms with van der Waals surface area (Å²) in [4.78, 5) is 22.5. The van der Waals surface area contributed by atoms with Gasteiger partial charge in [0, 0.05) is 14.1 Å². The van der Waals surface area contributed by atoms with Crippen molar-refractivity contribution < 1.29 is 27.8 Å². The summed E-state index contributed by atoms with van der Waals surface area (Å²) in [5.74, 6) is -6.07. The molecule has 0 aliphatic rings. The molecule has 0 radical (unpaired) electrons. The number of methoxy groups -OCH3 is 1. The van der Waals surface area contributed by atoms with E-state index in [4.69, 9.17) is 4.74 Å². The molecule has 0 fully saturated rings. The van der Waals surface area contributed by atoms with Gasteiger partial charge in [-0.05, 0) is 46.9 Å². The molecule has 0 bridgehead atoms. The third-order valence-corrected chi connectivity index (χ3v) is 3.37. The molecule has 0 heterocycles. The molecule has 0 amide bonds. The molecule has 0 aromatic heterocycles. The number of esters is 2. The quantitative estimate of drug-likeness (QED) is 0.482. The Hall–Kier alpha value is -1.03. The van der Waals surface area contributed by atoms with E-state index in [0.717, 1.165) is 11.6 Å². The maximum absolute atomic E-state index is 13.3. The lowest BCUT2D eigenvalue weighted by atomic mass is 10.2. The highest BCUT2D eigenvalue weighted by molar-refractivity contribution is 14.1. The van der Waals surface area contributed by atoms with Crippen molar-refractivity contribution in [1.29, 1.82) is 0 Å². The molecule has 0 saturated carbocycles. The standard InChI is InChI=1S/C13H10BrF2IO4/c1-20-12(19)13(15,16)6-10(17)7-21-11(18)8-2-4-9(14)5-3-8/h2-6H,7H2,1H3. The first-order chi connectivity index (χ1) is 9.76. The van der Waals surface area contributed by atoms with Crippen LogP contribution in [0.25, 0.3) is 0 Å². The lowest BCUT2D eigenvalue weighted by Crippen LogP contribution is -2.27. The predicted molar refractivity (Wildman–Crippen MR) is 83.5 cm³/mol. The van der Waals surface area contributed by atoms with Crippen molar-refractivity contribution in [2.45, 2.75) is 5.92 Å². The van der Waals surface area contributed by atoms with Crippen LogP contribution in [0.4, 0.5) is 8.78 Å². The minimum absolute atomic E-state index is 0.00783. The molecule has 0 saturated heterocycles. The lowest BCUT2D eigenvalue weighted by molar-refractivity contribution is -0.161. The van der Waals surface area contributed by atoms with Gasteiger partial charge in [0.15, 0.2) is 0 Å². The molecular weight excluding hydrogens is 465 g/mol. The summed E-state index contributed by atoms with van der Waals surface area (Å²) in [6, 6.07) is 6.38. The number of carbonyl (C=O) groups is 2. The van der Waals surface area contributed by atoms with E-state index in [1.54, 1.807) is 34.7 Å². The van der Waals surface area contributed by atoms with E-state index in [-0.39, 0.29) is 10.2 Å². The first-order valence-electron chi connectivity index (χ1n) is 5.52. The fraction of sp³-hybridized carbons (Fsp3) is 0.231. The lowest BCUT2D eigenvalue weighted by Gasteiger charge is -2.10. The highest BCUT2D eigenvalue weighted by Gasteiger charge is 2.38. The molecule has 0 unspecified atom stereocenters. The van der Waals surface area contributed by atoms with Gasteiger partial charge in [0.2, 0.25) is 0 Å². The summed E-state index contributed by atoms with van der Waals surface area (Å²) < 4.78 is 36.2. The molecule has 0 spiro atoms. The Morgan fingerprint density at radius 1 is 1.33 bits per heavy atom. The topological polar surface area (TPSA) is 52.6 Å². The van der Waals surface area contributed by atoms with Crippen molar-refractivity contribution in [3.05, 3.63) is 44.0 Å². The van der Waals surface area contributed by atoms with Crippen LogP contribution >= 0.6 is 38.5 Å². The number of carbonyl (C=O) groups excluding carboxylic acids is 2. The average molecular weight is 475 g/mol. The van der Waals surface area contributed by atoms with Crippen molar-refractivity contribution in [2.75, 3.05) is 13.7 Å². The highest BCUT2D eigenvalue weighted by Crippen LogP contribution is 2.22. The Morgan fingerprint density at radius 2 is 1.90 bits per heavy atom. The van der Waals surface area contributed by atoms with Crippen molar-refractivity contribution in [3.63, 3.8) is 0 Å². The molecule has 0 N–H and O–H groups in total. The van der Waals surface area contributed by atoms with E-state index >= 15 is 0 Å². The van der Waals surface area contributed by atoms with Gasteiger partial charge < -0.3 is 9.47 Å². The minimum atomic E-state index is -3.75. The first kappa shape index (κ1) is 18.0. The van der Waals surface area contributed by atoms with Crippen LogP contribution in [0, 0.1) is 0 Å². The van der Waals surface area contributed by atoms with Crippen molar-refractivity contribution in [3.8, 4) is 0 Å². The Morgan fingerprint density at radius 3 is 2.43 bits per heavy atom. The number of benzene rings is 1. The molecule has 1 rings (SSSR count). The van der Waals surface area contributed by atoms with Crippen LogP contribution in [-0.4, -0.2) is 31.6 Å². The van der Waals surface area contributed by atoms with Gasteiger partial charge in [-0.15, -0.1) is 0 Å². The van der Waals surface area contributed by atoms with Gasteiger partial charge in [0.05, 0.1) is 12.7 Å². The molecule has 0 aliphatic heterocycles. The Kier molecular flexibility index (Phi) is 6.72. The molecule has 0 aliphatic carbocycles. The summed E-state index contributed by atoms with van der Waals surface area (Å²) in [5.41, 5.74) is 0.294. The van der Waals surface area contributed by atoms with Crippen LogP contribution in [0.5, 0.6) is 0 Å². The van der Waals surface area contributed by atoms with Gasteiger partial charge in [0.25, 0.3) is 0 Å². The summed E-state index contributed by atoms with van der Waals surface area (Å²) in [6.07, 6.45) is 0.397. The van der Waals surface area contributed by atoms with E-state index in [1.807, 2.05) is 0 Å². The van der Waals surface area contributed by atoms with Crippen LogP contribution < -0.4 is 0 Å². The van der Waals surface area contributed by atoms with Crippen LogP contribution in [-0.2, 0) is 14.3 Å². The summed E-state index contributed by atoms with van der Waals surface area (Å²) in [5, 5.41) is 0. The second kappa shape index (κ2) is 7.83. The van der Waals surface area contributed by atoms with Gasteiger partial charge in [-0.3, -0.25) is 0 Å². The molecule has 1 aromatic rings. The fourth-order valence-electron chi connectivity index (χ4n) is 1.24.